The van der Waals surface area contributed by atoms with Crippen molar-refractivity contribution in [3.63, 3.8) is 0 Å². The number of nitrogens with one attached hydrogen (secondary N) is 2. The van der Waals surface area contributed by atoms with Gasteiger partial charge in [0.2, 0.25) is 5.91 Å². The summed E-state index contributed by atoms with van der Waals surface area (Å²) < 4.78 is 6.36. The predicted octanol–water partition coefficient (Wildman–Crippen LogP) is 3.12. The lowest BCUT2D eigenvalue weighted by atomic mass is 9.92. The molecule has 1 unspecified atom stereocenters. The van der Waals surface area contributed by atoms with Crippen molar-refractivity contribution < 1.29 is 14.3 Å². The number of fused-ring (bicyclic) bond motifs is 1. The van der Waals surface area contributed by atoms with Gasteiger partial charge in [-0.25, -0.2) is 0 Å². The van der Waals surface area contributed by atoms with E-state index in [1.165, 1.54) is 12.8 Å². The average molecular weight is 398 g/mol. The van der Waals surface area contributed by atoms with E-state index in [2.05, 4.69) is 24.1 Å². The second kappa shape index (κ2) is 8.57. The molecule has 1 aliphatic carbocycles. The highest BCUT2D eigenvalue weighted by Gasteiger charge is 2.38. The molecule has 1 saturated heterocycles. The maximum atomic E-state index is 12.9. The lowest BCUT2D eigenvalue weighted by molar-refractivity contribution is -0.126. The number of nitrogens with zero attached hydrogens (tertiary/aromatic N) is 1. The number of rotatable bonds is 6. The normalized spacial score (nSPS) is 27.0. The highest BCUT2D eigenvalue weighted by atomic mass is 16.5. The molecule has 2 aliphatic heterocycles. The minimum absolute atomic E-state index is 0.0700. The summed E-state index contributed by atoms with van der Waals surface area (Å²) in [6, 6.07) is 5.69. The molecule has 0 bridgehead atoms. The van der Waals surface area contributed by atoms with E-state index in [1.807, 2.05) is 18.2 Å². The molecule has 2 amide bonds. The first-order chi connectivity index (χ1) is 14.1. The number of hydrogen-bond acceptors (Lipinski definition) is 4. The molecular weight excluding hydrogens is 366 g/mol. The van der Waals surface area contributed by atoms with Crippen molar-refractivity contribution in [3.05, 3.63) is 41.6 Å². The van der Waals surface area contributed by atoms with Crippen molar-refractivity contribution >= 4 is 11.8 Å². The van der Waals surface area contributed by atoms with Gasteiger partial charge in [0.25, 0.3) is 5.91 Å². The van der Waals surface area contributed by atoms with E-state index in [-0.39, 0.29) is 17.9 Å². The zero-order chi connectivity index (χ0) is 20.4. The summed E-state index contributed by atoms with van der Waals surface area (Å²) in [5.41, 5.74) is 2.35. The molecule has 2 N–H and O–H groups in total. The number of hydrogen-bond donors (Lipinski definition) is 2. The van der Waals surface area contributed by atoms with Crippen molar-refractivity contribution in [2.24, 2.45) is 0 Å². The number of piperidine rings is 1. The first kappa shape index (κ1) is 20.0. The Labute approximate surface area is 172 Å². The third-order valence-corrected chi connectivity index (χ3v) is 6.25. The molecule has 1 aromatic rings. The van der Waals surface area contributed by atoms with Crippen LogP contribution >= 0.6 is 0 Å². The summed E-state index contributed by atoms with van der Waals surface area (Å²) >= 11 is 0. The highest BCUT2D eigenvalue weighted by molar-refractivity contribution is 6.01. The van der Waals surface area contributed by atoms with Gasteiger partial charge < -0.3 is 20.3 Å². The van der Waals surface area contributed by atoms with Crippen LogP contribution in [0.15, 0.2) is 30.5 Å². The molecule has 0 spiro atoms. The van der Waals surface area contributed by atoms with E-state index in [1.54, 1.807) is 4.90 Å². The zero-order valence-electron chi connectivity index (χ0n) is 17.2. The van der Waals surface area contributed by atoms with Crippen molar-refractivity contribution in [2.45, 2.75) is 76.6 Å². The summed E-state index contributed by atoms with van der Waals surface area (Å²) in [7, 11) is 0. The summed E-state index contributed by atoms with van der Waals surface area (Å²) in [5.74, 6) is 0.611. The summed E-state index contributed by atoms with van der Waals surface area (Å²) in [6.07, 6.45) is 7.23. The maximum Gasteiger partial charge on any atom is 0.255 e. The fourth-order valence-electron chi connectivity index (χ4n) is 4.68. The Bertz CT molecular complexity index is 807. The molecule has 6 nitrogen and oxygen atoms in total. The van der Waals surface area contributed by atoms with Gasteiger partial charge in [0.15, 0.2) is 0 Å². The molecule has 29 heavy (non-hydrogen) atoms. The molecule has 3 aliphatic rings. The van der Waals surface area contributed by atoms with Gasteiger partial charge in [-0.2, -0.15) is 0 Å². The Morgan fingerprint density at radius 1 is 1.24 bits per heavy atom. The predicted molar refractivity (Wildman–Crippen MR) is 112 cm³/mol. The van der Waals surface area contributed by atoms with Gasteiger partial charge in [-0.05, 0) is 68.8 Å². The largest absolute Gasteiger partial charge is 0.489 e. The van der Waals surface area contributed by atoms with Crippen LogP contribution in [0.2, 0.25) is 0 Å². The van der Waals surface area contributed by atoms with Gasteiger partial charge in [-0.1, -0.05) is 19.9 Å². The molecule has 2 heterocycles. The van der Waals surface area contributed by atoms with Gasteiger partial charge in [0.1, 0.15) is 17.9 Å². The average Bonchev–Trinajstić information content (AvgIpc) is 3.03. The third kappa shape index (κ3) is 4.17. The number of ether oxygens (including phenoxy) is 1. The standard InChI is InChI=1S/C23H31N3O3/c1-3-12-24-19-6-4-5-7-21(19)29-17-9-10-18-16(13-17)14-26(23(18)28)20-11-8-15(2)25-22(20)27/h9-10,13,19-21,24H,2-8,11-12,14H2,1H3,(H,25,27)/t19-,20?,21+/m0/s1. The fourth-order valence-corrected chi connectivity index (χ4v) is 4.68. The Morgan fingerprint density at radius 3 is 2.86 bits per heavy atom. The van der Waals surface area contributed by atoms with E-state index in [0.717, 1.165) is 42.8 Å². The number of carbonyl (C=O) groups excluding carboxylic acids is 2. The Hall–Kier alpha value is -2.34. The molecule has 1 aromatic carbocycles. The SMILES string of the molecule is C=C1CCC(N2Cc3cc(O[C@@H]4CCCC[C@@H]4NCCC)ccc3C2=O)C(=O)N1. The van der Waals surface area contributed by atoms with Crippen LogP contribution in [0.5, 0.6) is 5.75 Å². The van der Waals surface area contributed by atoms with Crippen molar-refractivity contribution in [1.29, 1.82) is 0 Å². The first-order valence-corrected chi connectivity index (χ1v) is 10.9. The highest BCUT2D eigenvalue weighted by Crippen LogP contribution is 2.32. The molecule has 4 rings (SSSR count). The summed E-state index contributed by atoms with van der Waals surface area (Å²) in [4.78, 5) is 26.9. The fraction of sp³-hybridized carbons (Fsp3) is 0.565. The smallest absolute Gasteiger partial charge is 0.255 e. The van der Waals surface area contributed by atoms with Crippen molar-refractivity contribution in [2.75, 3.05) is 6.54 Å². The molecule has 6 heteroatoms. The zero-order valence-corrected chi connectivity index (χ0v) is 17.2. The van der Waals surface area contributed by atoms with Crippen molar-refractivity contribution in [1.82, 2.24) is 15.5 Å². The van der Waals surface area contributed by atoms with Gasteiger partial charge in [-0.15, -0.1) is 0 Å². The topological polar surface area (TPSA) is 70.7 Å². The van der Waals surface area contributed by atoms with E-state index < -0.39 is 6.04 Å². The second-order valence-electron chi connectivity index (χ2n) is 8.40. The second-order valence-corrected chi connectivity index (χ2v) is 8.40. The van der Waals surface area contributed by atoms with Crippen LogP contribution in [0.3, 0.4) is 0 Å². The molecule has 1 saturated carbocycles. The number of allylic oxidation sites excluding steroid dienone is 1. The van der Waals surface area contributed by atoms with Crippen LogP contribution in [0.4, 0.5) is 0 Å². The van der Waals surface area contributed by atoms with Gasteiger partial charge >= 0.3 is 0 Å². The van der Waals surface area contributed by atoms with E-state index >= 15 is 0 Å². The molecule has 3 atom stereocenters. The third-order valence-electron chi connectivity index (χ3n) is 6.25. The molecule has 2 fully saturated rings. The quantitative estimate of drug-likeness (QED) is 0.774. The van der Waals surface area contributed by atoms with Gasteiger partial charge in [-0.3, -0.25) is 9.59 Å². The van der Waals surface area contributed by atoms with Crippen LogP contribution < -0.4 is 15.4 Å². The minimum Gasteiger partial charge on any atom is -0.489 e. The van der Waals surface area contributed by atoms with Crippen molar-refractivity contribution in [3.8, 4) is 5.75 Å². The van der Waals surface area contributed by atoms with Crippen LogP contribution in [0.1, 0.15) is 67.8 Å². The van der Waals surface area contributed by atoms with Gasteiger partial charge in [0.05, 0.1) is 0 Å². The Morgan fingerprint density at radius 2 is 2.07 bits per heavy atom. The number of benzene rings is 1. The number of carbonyl (C=O) groups is 2. The maximum absolute atomic E-state index is 12.9. The molecule has 156 valence electrons. The molecular formula is C23H31N3O3. The summed E-state index contributed by atoms with van der Waals surface area (Å²) in [6.45, 7) is 7.46. The minimum atomic E-state index is -0.425. The van der Waals surface area contributed by atoms with Crippen LogP contribution in [0, 0.1) is 0 Å². The van der Waals surface area contributed by atoms with Gasteiger partial charge in [0, 0.05) is 23.8 Å². The van der Waals surface area contributed by atoms with Crippen LogP contribution in [-0.4, -0.2) is 41.4 Å². The van der Waals surface area contributed by atoms with Crippen LogP contribution in [-0.2, 0) is 11.3 Å². The monoisotopic (exact) mass is 397 g/mol. The molecule has 0 radical (unpaired) electrons. The van der Waals surface area contributed by atoms with E-state index in [9.17, 15) is 9.59 Å². The lowest BCUT2D eigenvalue weighted by Crippen LogP contribution is -2.49. The Kier molecular flexibility index (Phi) is 5.90. The number of amides is 2. The lowest BCUT2D eigenvalue weighted by Gasteiger charge is -2.32. The Balaban J connectivity index is 1.46. The summed E-state index contributed by atoms with van der Waals surface area (Å²) in [5, 5.41) is 6.40. The first-order valence-electron chi connectivity index (χ1n) is 10.9. The van der Waals surface area contributed by atoms with E-state index in [4.69, 9.17) is 4.74 Å². The van der Waals surface area contributed by atoms with E-state index in [0.29, 0.717) is 31.0 Å². The van der Waals surface area contributed by atoms with Crippen LogP contribution in [0.25, 0.3) is 0 Å². The molecule has 0 aromatic heterocycles.